The first-order valence-corrected chi connectivity index (χ1v) is 7.59. The summed E-state index contributed by atoms with van der Waals surface area (Å²) in [4.78, 5) is 16.7. The molecule has 0 aliphatic rings. The molecule has 0 atom stereocenters. The molecule has 21 heavy (non-hydrogen) atoms. The molecule has 0 aliphatic carbocycles. The van der Waals surface area contributed by atoms with Crippen molar-refractivity contribution in [1.82, 2.24) is 14.8 Å². The fourth-order valence-electron chi connectivity index (χ4n) is 2.14. The average Bonchev–Trinajstić information content (AvgIpc) is 3.02. The lowest BCUT2D eigenvalue weighted by Gasteiger charge is -2.10. The van der Waals surface area contributed by atoms with Gasteiger partial charge < -0.3 is 5.32 Å². The molecule has 0 saturated heterocycles. The number of hydrogen-bond donors (Lipinski definition) is 1. The molecule has 0 unspecified atom stereocenters. The van der Waals surface area contributed by atoms with E-state index in [4.69, 9.17) is 0 Å². The zero-order chi connectivity index (χ0) is 15.0. The number of hydrogen-bond acceptors (Lipinski definition) is 4. The molecule has 0 spiro atoms. The summed E-state index contributed by atoms with van der Waals surface area (Å²) >= 11 is 1.39. The maximum Gasteiger partial charge on any atom is 0.285 e. The van der Waals surface area contributed by atoms with Crippen LogP contribution in [-0.2, 0) is 0 Å². The second-order valence-electron chi connectivity index (χ2n) is 5.15. The fraction of sp³-hybridized carbons (Fsp3) is 0.267. The summed E-state index contributed by atoms with van der Waals surface area (Å²) in [5.74, 6) is 0.504. The molecule has 0 aliphatic heterocycles. The van der Waals surface area contributed by atoms with E-state index in [0.29, 0.717) is 10.8 Å². The number of benzene rings is 1. The van der Waals surface area contributed by atoms with E-state index in [0.717, 1.165) is 15.9 Å². The van der Waals surface area contributed by atoms with Gasteiger partial charge in [-0.15, -0.1) is 11.3 Å². The number of anilines is 1. The first-order chi connectivity index (χ1) is 10.0. The molecule has 6 heteroatoms. The molecule has 0 fully saturated rings. The molecule has 3 aromatic rings. The van der Waals surface area contributed by atoms with Gasteiger partial charge in [0.15, 0.2) is 5.01 Å². The van der Waals surface area contributed by atoms with Gasteiger partial charge in [0.2, 0.25) is 0 Å². The normalized spacial score (nSPS) is 11.2. The largest absolute Gasteiger partial charge is 0.305 e. The van der Waals surface area contributed by atoms with E-state index in [-0.39, 0.29) is 11.9 Å². The highest BCUT2D eigenvalue weighted by molar-refractivity contribution is 7.20. The molecule has 2 aromatic heterocycles. The number of rotatable bonds is 3. The number of aryl methyl sites for hydroxylation is 1. The molecular weight excluding hydrogens is 284 g/mol. The Hall–Kier alpha value is -2.21. The Balaban J connectivity index is 1.89. The lowest BCUT2D eigenvalue weighted by atomic mass is 10.3. The van der Waals surface area contributed by atoms with Crippen molar-refractivity contribution in [3.63, 3.8) is 0 Å². The average molecular weight is 300 g/mol. The topological polar surface area (TPSA) is 59.8 Å². The summed E-state index contributed by atoms with van der Waals surface area (Å²) in [7, 11) is 0. The second-order valence-corrected chi connectivity index (χ2v) is 6.18. The minimum Gasteiger partial charge on any atom is -0.305 e. The van der Waals surface area contributed by atoms with Gasteiger partial charge >= 0.3 is 0 Å². The van der Waals surface area contributed by atoms with Crippen molar-refractivity contribution in [1.29, 1.82) is 0 Å². The van der Waals surface area contributed by atoms with Gasteiger partial charge in [-0.2, -0.15) is 5.10 Å². The van der Waals surface area contributed by atoms with Crippen molar-refractivity contribution in [3.8, 4) is 0 Å². The van der Waals surface area contributed by atoms with Crippen molar-refractivity contribution >= 4 is 33.3 Å². The van der Waals surface area contributed by atoms with Crippen molar-refractivity contribution in [2.75, 3.05) is 5.32 Å². The van der Waals surface area contributed by atoms with Gasteiger partial charge in [0.25, 0.3) is 5.91 Å². The highest BCUT2D eigenvalue weighted by Gasteiger charge is 2.16. The van der Waals surface area contributed by atoms with Crippen LogP contribution in [-0.4, -0.2) is 20.7 Å². The van der Waals surface area contributed by atoms with Crippen LogP contribution in [0.15, 0.2) is 30.3 Å². The zero-order valence-corrected chi connectivity index (χ0v) is 12.9. The van der Waals surface area contributed by atoms with Gasteiger partial charge in [-0.3, -0.25) is 4.79 Å². The fourth-order valence-corrected chi connectivity index (χ4v) is 3.00. The molecule has 3 rings (SSSR count). The van der Waals surface area contributed by atoms with Crippen LogP contribution in [0, 0.1) is 6.92 Å². The van der Waals surface area contributed by atoms with Crippen LogP contribution in [0.5, 0.6) is 0 Å². The Morgan fingerprint density at radius 1 is 1.33 bits per heavy atom. The third-order valence-electron chi connectivity index (χ3n) is 3.08. The number of nitrogens with one attached hydrogen (secondary N) is 1. The summed E-state index contributed by atoms with van der Waals surface area (Å²) < 4.78 is 2.82. The molecule has 1 N–H and O–H groups in total. The van der Waals surface area contributed by atoms with Crippen LogP contribution >= 0.6 is 11.3 Å². The molecular formula is C15H16N4OS. The van der Waals surface area contributed by atoms with Gasteiger partial charge in [-0.05, 0) is 32.9 Å². The number of thiazole rings is 1. The van der Waals surface area contributed by atoms with Crippen molar-refractivity contribution in [2.24, 2.45) is 0 Å². The lowest BCUT2D eigenvalue weighted by molar-refractivity contribution is 0.102. The molecule has 1 amide bonds. The van der Waals surface area contributed by atoms with Crippen molar-refractivity contribution in [2.45, 2.75) is 26.8 Å². The predicted octanol–water partition coefficient (Wildman–Crippen LogP) is 3.63. The number of nitrogens with zero attached hydrogens (tertiary/aromatic N) is 3. The van der Waals surface area contributed by atoms with E-state index in [9.17, 15) is 4.79 Å². The number of fused-ring (bicyclic) bond motifs is 1. The predicted molar refractivity (Wildman–Crippen MR) is 84.9 cm³/mol. The van der Waals surface area contributed by atoms with Gasteiger partial charge in [0.05, 0.1) is 15.9 Å². The van der Waals surface area contributed by atoms with Crippen molar-refractivity contribution in [3.05, 3.63) is 41.0 Å². The molecule has 0 radical (unpaired) electrons. The molecule has 0 saturated carbocycles. The van der Waals surface area contributed by atoms with Gasteiger partial charge in [0, 0.05) is 12.1 Å². The van der Waals surface area contributed by atoms with Gasteiger partial charge in [-0.25, -0.2) is 9.67 Å². The van der Waals surface area contributed by atoms with Crippen LogP contribution in [0.25, 0.3) is 10.2 Å². The Kier molecular flexibility index (Phi) is 3.47. The maximum atomic E-state index is 12.4. The number of para-hydroxylation sites is 1. The number of amides is 1. The summed E-state index contributed by atoms with van der Waals surface area (Å²) in [6.45, 7) is 5.96. The SMILES string of the molecule is Cc1cc(NC(=O)c2nc3ccccc3s2)n(C(C)C)n1. The summed E-state index contributed by atoms with van der Waals surface area (Å²) in [5.41, 5.74) is 1.73. The zero-order valence-electron chi connectivity index (χ0n) is 12.1. The smallest absolute Gasteiger partial charge is 0.285 e. The molecule has 0 bridgehead atoms. The van der Waals surface area contributed by atoms with Crippen LogP contribution < -0.4 is 5.32 Å². The number of carbonyl (C=O) groups is 1. The van der Waals surface area contributed by atoms with Crippen LogP contribution in [0.3, 0.4) is 0 Å². The third-order valence-corrected chi connectivity index (χ3v) is 4.11. The number of aromatic nitrogens is 3. The highest BCUT2D eigenvalue weighted by Crippen LogP contribution is 2.23. The van der Waals surface area contributed by atoms with E-state index in [1.165, 1.54) is 11.3 Å². The van der Waals surface area contributed by atoms with Crippen LogP contribution in [0.4, 0.5) is 5.82 Å². The maximum absolute atomic E-state index is 12.4. The molecule has 2 heterocycles. The van der Waals surface area contributed by atoms with Crippen LogP contribution in [0.2, 0.25) is 0 Å². The summed E-state index contributed by atoms with van der Waals surface area (Å²) in [6, 6.07) is 9.78. The Morgan fingerprint density at radius 2 is 2.10 bits per heavy atom. The molecule has 108 valence electrons. The standard InChI is InChI=1S/C15H16N4OS/c1-9(2)19-13(8-10(3)18-19)17-14(20)15-16-11-6-4-5-7-12(11)21-15/h4-9H,1-3H3,(H,17,20). The van der Waals surface area contributed by atoms with Crippen molar-refractivity contribution < 1.29 is 4.79 Å². The quantitative estimate of drug-likeness (QED) is 0.803. The second kappa shape index (κ2) is 5.29. The number of carbonyl (C=O) groups excluding carboxylic acids is 1. The van der Waals surface area contributed by atoms with Crippen LogP contribution in [0.1, 0.15) is 35.4 Å². The molecule has 5 nitrogen and oxygen atoms in total. The minimum atomic E-state index is -0.196. The Morgan fingerprint density at radius 3 is 2.81 bits per heavy atom. The first kappa shape index (κ1) is 13.8. The van der Waals surface area contributed by atoms with E-state index in [2.05, 4.69) is 15.4 Å². The molecule has 1 aromatic carbocycles. The van der Waals surface area contributed by atoms with Gasteiger partial charge in [-0.1, -0.05) is 12.1 Å². The van der Waals surface area contributed by atoms with E-state index < -0.39 is 0 Å². The third kappa shape index (κ3) is 2.67. The van der Waals surface area contributed by atoms with Gasteiger partial charge in [0.1, 0.15) is 5.82 Å². The lowest BCUT2D eigenvalue weighted by Crippen LogP contribution is -2.16. The van der Waals surface area contributed by atoms with E-state index in [1.54, 1.807) is 4.68 Å². The summed E-state index contributed by atoms with van der Waals surface area (Å²) in [5, 5.41) is 7.75. The Bertz CT molecular complexity index is 770. The van der Waals surface area contributed by atoms with E-state index in [1.807, 2.05) is 51.1 Å². The summed E-state index contributed by atoms with van der Waals surface area (Å²) in [6.07, 6.45) is 0. The first-order valence-electron chi connectivity index (χ1n) is 6.77. The van der Waals surface area contributed by atoms with E-state index >= 15 is 0 Å². The minimum absolute atomic E-state index is 0.185. The Labute approximate surface area is 126 Å². The highest BCUT2D eigenvalue weighted by atomic mass is 32.1. The monoisotopic (exact) mass is 300 g/mol.